The summed E-state index contributed by atoms with van der Waals surface area (Å²) in [5.74, 6) is 3.24. The van der Waals surface area contributed by atoms with Crippen molar-refractivity contribution in [2.24, 2.45) is 0 Å². The van der Waals surface area contributed by atoms with Crippen LogP contribution in [0.2, 0.25) is 0 Å². The molecule has 0 saturated carbocycles. The van der Waals surface area contributed by atoms with Gasteiger partial charge in [-0.25, -0.2) is 19.4 Å². The Morgan fingerprint density at radius 2 is 1.97 bits per heavy atom. The quantitative estimate of drug-likeness (QED) is 0.316. The lowest BCUT2D eigenvalue weighted by atomic mass is 10.3. The third-order valence-electron chi connectivity index (χ3n) is 4.94. The van der Waals surface area contributed by atoms with Crippen LogP contribution in [0, 0.1) is 17.8 Å². The Morgan fingerprint density at radius 3 is 2.57 bits per heavy atom. The number of nitrogens with one attached hydrogen (secondary N) is 1. The Kier molecular flexibility index (Phi) is 8.02. The highest BCUT2D eigenvalue weighted by Crippen LogP contribution is 2.20. The molecule has 3 aromatic rings. The number of hydrogen-bond acceptors (Lipinski definition) is 7. The predicted octanol–water partition coefficient (Wildman–Crippen LogP) is 1.24. The van der Waals surface area contributed by atoms with Gasteiger partial charge in [0.25, 0.3) is 5.56 Å². The highest BCUT2D eigenvalue weighted by molar-refractivity contribution is 5.77. The van der Waals surface area contributed by atoms with E-state index < -0.39 is 18.1 Å². The maximum absolute atomic E-state index is 13.9. The second-order valence-electron chi connectivity index (χ2n) is 7.26. The molecule has 0 amide bonds. The van der Waals surface area contributed by atoms with E-state index in [4.69, 9.17) is 9.90 Å². The summed E-state index contributed by atoms with van der Waals surface area (Å²) < 4.78 is 48.7. The van der Waals surface area contributed by atoms with Gasteiger partial charge in [0.15, 0.2) is 0 Å². The van der Waals surface area contributed by atoms with Crippen molar-refractivity contribution in [2.75, 3.05) is 31.1 Å². The summed E-state index contributed by atoms with van der Waals surface area (Å²) >= 11 is 0. The molecule has 1 aliphatic heterocycles. The van der Waals surface area contributed by atoms with Crippen LogP contribution in [0.3, 0.4) is 0 Å². The van der Waals surface area contributed by atoms with E-state index in [1.807, 2.05) is 4.57 Å². The first-order chi connectivity index (χ1) is 16.6. The molecule has 0 atom stereocenters. The highest BCUT2D eigenvalue weighted by Gasteiger charge is 2.38. The van der Waals surface area contributed by atoms with Gasteiger partial charge in [-0.05, 0) is 13.0 Å². The van der Waals surface area contributed by atoms with E-state index >= 15 is 0 Å². The molecular formula is C21H21F4N7O3. The zero-order chi connectivity index (χ0) is 25.6. The largest absolute Gasteiger partial charge is 0.490 e. The normalized spacial score (nSPS) is 13.6. The molecule has 1 fully saturated rings. The van der Waals surface area contributed by atoms with Crippen LogP contribution in [0.5, 0.6) is 0 Å². The third-order valence-corrected chi connectivity index (χ3v) is 4.94. The maximum atomic E-state index is 13.9. The number of hydrogen-bond donors (Lipinski definition) is 2. The number of alkyl halides is 3. The predicted molar refractivity (Wildman–Crippen MR) is 117 cm³/mol. The number of anilines is 1. The Morgan fingerprint density at radius 1 is 1.29 bits per heavy atom. The zero-order valence-electron chi connectivity index (χ0n) is 18.5. The van der Waals surface area contributed by atoms with E-state index in [1.54, 1.807) is 25.3 Å². The molecule has 10 nitrogen and oxygen atoms in total. The van der Waals surface area contributed by atoms with Crippen molar-refractivity contribution < 1.29 is 27.5 Å². The van der Waals surface area contributed by atoms with Crippen molar-refractivity contribution in [1.29, 1.82) is 0 Å². The molecule has 0 radical (unpaired) electrons. The summed E-state index contributed by atoms with van der Waals surface area (Å²) in [7, 11) is 0. The first-order valence-corrected chi connectivity index (χ1v) is 10.3. The first-order valence-electron chi connectivity index (χ1n) is 10.3. The van der Waals surface area contributed by atoms with Gasteiger partial charge in [-0.2, -0.15) is 22.7 Å². The summed E-state index contributed by atoms with van der Waals surface area (Å²) in [6, 6.07) is 3.22. The van der Waals surface area contributed by atoms with Crippen molar-refractivity contribution in [3.63, 3.8) is 0 Å². The number of carboxylic acid groups (broad SMARTS) is 1. The fraction of sp³-hybridized carbons (Fsp3) is 0.381. The number of aromatic nitrogens is 5. The second kappa shape index (κ2) is 11.0. The lowest BCUT2D eigenvalue weighted by Crippen LogP contribution is -2.44. The molecule has 0 aliphatic carbocycles. The Balaban J connectivity index is 0.000000429. The number of aliphatic carboxylic acids is 1. The molecule has 2 N–H and O–H groups in total. The number of halogens is 4. The van der Waals surface area contributed by atoms with Crippen LogP contribution in [-0.4, -0.2) is 67.7 Å². The smallest absolute Gasteiger partial charge is 0.475 e. The van der Waals surface area contributed by atoms with Crippen LogP contribution in [0.1, 0.15) is 12.5 Å². The molecule has 14 heteroatoms. The Labute approximate surface area is 196 Å². The van der Waals surface area contributed by atoms with Crippen molar-refractivity contribution in [3.05, 3.63) is 46.4 Å². The number of nitrogens with zero attached hydrogens (tertiary/aromatic N) is 6. The number of fused-ring (bicyclic) bond motifs is 1. The number of imidazole rings is 1. The average Bonchev–Trinajstić information content (AvgIpc) is 3.20. The fourth-order valence-electron chi connectivity index (χ4n) is 3.30. The van der Waals surface area contributed by atoms with E-state index in [9.17, 15) is 22.4 Å². The van der Waals surface area contributed by atoms with Crippen LogP contribution in [0.25, 0.3) is 11.0 Å². The number of pyridine rings is 1. The van der Waals surface area contributed by atoms with Gasteiger partial charge < -0.3 is 15.3 Å². The Hall–Kier alpha value is -3.99. The number of carboxylic acids is 1. The Bertz CT molecular complexity index is 1320. The summed E-state index contributed by atoms with van der Waals surface area (Å²) in [6.07, 6.45) is -2.16. The van der Waals surface area contributed by atoms with Gasteiger partial charge >= 0.3 is 12.1 Å². The summed E-state index contributed by atoms with van der Waals surface area (Å²) in [5, 5.41) is 14.6. The molecule has 1 aliphatic rings. The average molecular weight is 495 g/mol. The van der Waals surface area contributed by atoms with Gasteiger partial charge in [0, 0.05) is 37.9 Å². The van der Waals surface area contributed by atoms with Crippen LogP contribution in [-0.2, 0) is 17.9 Å². The van der Waals surface area contributed by atoms with Gasteiger partial charge in [-0.3, -0.25) is 9.36 Å². The minimum atomic E-state index is -5.08. The standard InChI is InChI=1S/C19H20FN7O.C2HF3O2/c1-2-3-9-26-16-15(24-19(26)25-10-7-21-8-11-25)12-23-27(18(16)28)13-14-5-4-6-22-17(14)20;3-2(4,5)1(6)7/h4-6,12,21H,7-11,13H2,1H3;(H,6,7). The monoisotopic (exact) mass is 495 g/mol. The number of rotatable bonds is 4. The topological polar surface area (TPSA) is 118 Å². The summed E-state index contributed by atoms with van der Waals surface area (Å²) in [5.41, 5.74) is 0.917. The van der Waals surface area contributed by atoms with E-state index in [-0.39, 0.29) is 12.1 Å². The summed E-state index contributed by atoms with van der Waals surface area (Å²) in [4.78, 5) is 32.5. The van der Waals surface area contributed by atoms with Crippen molar-refractivity contribution in [1.82, 2.24) is 29.6 Å². The minimum Gasteiger partial charge on any atom is -0.475 e. The molecule has 0 unspecified atom stereocenters. The fourth-order valence-corrected chi connectivity index (χ4v) is 3.30. The molecule has 186 valence electrons. The van der Waals surface area contributed by atoms with Crippen molar-refractivity contribution >= 4 is 23.0 Å². The van der Waals surface area contributed by atoms with Crippen LogP contribution < -0.4 is 15.8 Å². The molecule has 0 bridgehead atoms. The number of piperazine rings is 1. The molecule has 4 rings (SSSR count). The lowest BCUT2D eigenvalue weighted by Gasteiger charge is -2.28. The first kappa shape index (κ1) is 25.6. The molecule has 3 aromatic heterocycles. The van der Waals surface area contributed by atoms with Gasteiger partial charge in [0.1, 0.15) is 11.0 Å². The van der Waals surface area contributed by atoms with E-state index in [0.29, 0.717) is 29.1 Å². The van der Waals surface area contributed by atoms with Crippen LogP contribution in [0.15, 0.2) is 29.3 Å². The van der Waals surface area contributed by atoms with Crippen LogP contribution in [0.4, 0.5) is 23.5 Å². The highest BCUT2D eigenvalue weighted by atomic mass is 19.4. The zero-order valence-corrected chi connectivity index (χ0v) is 18.5. The maximum Gasteiger partial charge on any atom is 0.490 e. The van der Waals surface area contributed by atoms with Crippen LogP contribution >= 0.6 is 0 Å². The van der Waals surface area contributed by atoms with Gasteiger partial charge in [-0.15, -0.1) is 5.92 Å². The van der Waals surface area contributed by atoms with Gasteiger partial charge in [0.05, 0.1) is 19.3 Å². The molecule has 0 aromatic carbocycles. The van der Waals surface area contributed by atoms with Crippen molar-refractivity contribution in [3.8, 4) is 11.8 Å². The third kappa shape index (κ3) is 6.12. The molecule has 1 saturated heterocycles. The van der Waals surface area contributed by atoms with E-state index in [0.717, 1.165) is 26.2 Å². The molecular weight excluding hydrogens is 474 g/mol. The minimum absolute atomic E-state index is 0.00203. The molecule has 0 spiro atoms. The van der Waals surface area contributed by atoms with Gasteiger partial charge in [0.2, 0.25) is 11.9 Å². The molecule has 35 heavy (non-hydrogen) atoms. The van der Waals surface area contributed by atoms with Crippen molar-refractivity contribution in [2.45, 2.75) is 26.2 Å². The SMILES string of the molecule is CC#CCn1c(N2CCNCC2)nc2cnn(Cc3cccnc3F)c(=O)c21.O=C(O)C(F)(F)F. The number of carbonyl (C=O) groups is 1. The van der Waals surface area contributed by atoms with E-state index in [2.05, 4.69) is 37.1 Å². The molecule has 4 heterocycles. The van der Waals surface area contributed by atoms with Gasteiger partial charge in [-0.1, -0.05) is 12.0 Å². The van der Waals surface area contributed by atoms with E-state index in [1.165, 1.54) is 10.9 Å². The lowest BCUT2D eigenvalue weighted by molar-refractivity contribution is -0.192. The summed E-state index contributed by atoms with van der Waals surface area (Å²) in [6.45, 7) is 5.41. The second-order valence-corrected chi connectivity index (χ2v) is 7.26.